The second kappa shape index (κ2) is 23.3. The monoisotopic (exact) mass is 926 g/mol. The highest BCUT2D eigenvalue weighted by molar-refractivity contribution is 7.94. The van der Waals surface area contributed by atoms with Crippen LogP contribution in [-0.4, -0.2) is 82.9 Å². The van der Waals surface area contributed by atoms with Crippen molar-refractivity contribution in [3.05, 3.63) is 101 Å². The first-order valence-electron chi connectivity index (χ1n) is 19.7. The zero-order valence-corrected chi connectivity index (χ0v) is 37.6. The van der Waals surface area contributed by atoms with Crippen molar-refractivity contribution in [2.75, 3.05) is 35.2 Å². The minimum absolute atomic E-state index is 0.193. The van der Waals surface area contributed by atoms with Crippen LogP contribution in [0.1, 0.15) is 88.8 Å². The molecule has 0 radical (unpaired) electrons. The molecule has 2 aliphatic rings. The van der Waals surface area contributed by atoms with Gasteiger partial charge in [0.05, 0.1) is 35.4 Å². The summed E-state index contributed by atoms with van der Waals surface area (Å²) in [5.74, 6) is -1.16. The Labute approximate surface area is 366 Å². The lowest BCUT2D eigenvalue weighted by Crippen LogP contribution is -2.31. The second-order valence-corrected chi connectivity index (χ2v) is 19.8. The molecule has 16 nitrogen and oxygen atoms in total. The van der Waals surface area contributed by atoms with Crippen LogP contribution in [0.4, 0.5) is 11.4 Å². The summed E-state index contributed by atoms with van der Waals surface area (Å²) in [6, 6.07) is 11.3. The molecule has 4 N–H and O–H groups in total. The molecule has 0 aromatic heterocycles. The van der Waals surface area contributed by atoms with Crippen molar-refractivity contribution in [2.24, 2.45) is 0 Å². The molecule has 0 aliphatic carbocycles. The topological polar surface area (TPSA) is 232 Å². The summed E-state index contributed by atoms with van der Waals surface area (Å²) in [6.45, 7) is 7.36. The zero-order valence-electron chi connectivity index (χ0n) is 34.3. The fourth-order valence-corrected chi connectivity index (χ4v) is 10.1. The maximum atomic E-state index is 11.7. The van der Waals surface area contributed by atoms with Crippen LogP contribution >= 0.6 is 24.1 Å². The van der Waals surface area contributed by atoms with Gasteiger partial charge < -0.3 is 15.3 Å². The first kappa shape index (κ1) is 50.3. The van der Waals surface area contributed by atoms with E-state index in [2.05, 4.69) is 48.1 Å². The van der Waals surface area contributed by atoms with Crippen molar-refractivity contribution >= 4 is 67.4 Å². The lowest BCUT2D eigenvalue weighted by atomic mass is 9.75. The standard InChI is InChI=1S/C41H54N2O14S4/c1-4-42-35-21-19-32(59-57-55-47)30-34(35)41(3,22-10-13-25-58-56-54-46)37(42)16-8-6-5-7-9-17-38-40(2,23-11-14-26-60(48,49)50)33-28-31(29-39(44)45)18-20-36(33)43(38)24-12-15-27-61(51,52)53/h5-9,16-21,28,30H,4,10-15,22-27,29H2,1-3H3,(H4-,44,45,46,47,48,49,50,51,52,53). The van der Waals surface area contributed by atoms with Crippen LogP contribution in [0.3, 0.4) is 0 Å². The number of unbranched alkanes of at least 4 members (excludes halogenated alkanes) is 3. The summed E-state index contributed by atoms with van der Waals surface area (Å²) in [5, 5.41) is 35.8. The number of rotatable bonds is 27. The van der Waals surface area contributed by atoms with Crippen molar-refractivity contribution in [1.29, 1.82) is 0 Å². The summed E-state index contributed by atoms with van der Waals surface area (Å²) in [4.78, 5) is 14.6. The van der Waals surface area contributed by atoms with Crippen molar-refractivity contribution in [2.45, 2.75) is 94.3 Å². The summed E-state index contributed by atoms with van der Waals surface area (Å²) < 4.78 is 75.9. The highest BCUT2D eigenvalue weighted by Gasteiger charge is 2.47. The normalized spacial score (nSPS) is 20.0. The average Bonchev–Trinajstić information content (AvgIpc) is 3.57. The molecule has 0 spiro atoms. The van der Waals surface area contributed by atoms with Gasteiger partial charge >= 0.3 is 5.97 Å². The number of nitrogens with zero attached hydrogens (tertiary/aromatic N) is 2. The van der Waals surface area contributed by atoms with Gasteiger partial charge in [0.1, 0.15) is 6.54 Å². The molecule has 336 valence electrons. The number of hydrogen-bond acceptors (Lipinski definition) is 14. The maximum absolute atomic E-state index is 11.7. The molecular weight excluding hydrogens is 873 g/mol. The van der Waals surface area contributed by atoms with E-state index in [0.29, 0.717) is 48.6 Å². The first-order valence-corrected chi connectivity index (χ1v) is 24.6. The molecule has 0 fully saturated rings. The highest BCUT2D eigenvalue weighted by atomic mass is 32.2. The van der Waals surface area contributed by atoms with Gasteiger partial charge in [-0.3, -0.25) is 18.9 Å². The van der Waals surface area contributed by atoms with E-state index < -0.39 is 48.5 Å². The Hall–Kier alpha value is -3.38. The number of benzene rings is 2. The van der Waals surface area contributed by atoms with E-state index >= 15 is 0 Å². The van der Waals surface area contributed by atoms with Crippen LogP contribution < -0.4 is 10.2 Å². The van der Waals surface area contributed by atoms with Crippen molar-refractivity contribution in [3.8, 4) is 0 Å². The minimum atomic E-state index is -4.16. The number of carboxylic acids is 1. The lowest BCUT2D eigenvalue weighted by Gasteiger charge is -2.30. The smallest absolute Gasteiger partial charge is 0.307 e. The number of likely N-dealkylation sites (N-methyl/N-ethyl adjacent to an activating group) is 1. The van der Waals surface area contributed by atoms with E-state index in [1.54, 1.807) is 6.07 Å². The quantitative estimate of drug-likeness (QED) is 0.0132. The Balaban J connectivity index is 1.65. The van der Waals surface area contributed by atoms with Crippen LogP contribution in [0, 0.1) is 0 Å². The number of carbonyl (C=O) groups is 1. The van der Waals surface area contributed by atoms with E-state index in [9.17, 15) is 41.1 Å². The Kier molecular flexibility index (Phi) is 19.2. The van der Waals surface area contributed by atoms with E-state index in [0.717, 1.165) is 77.3 Å². The Morgan fingerprint density at radius 3 is 2.20 bits per heavy atom. The van der Waals surface area contributed by atoms with E-state index in [1.165, 1.54) is 0 Å². The van der Waals surface area contributed by atoms with Crippen molar-refractivity contribution in [1.82, 2.24) is 0 Å². The largest absolute Gasteiger partial charge is 0.691 e. The SMILES string of the molecule is CCN1/C(=C/C=C/C=C/C=C/C2=[N+](CCCCS(=O)(=O)O)c3ccc(CC(=O)O)cc3C2(C)CCCCS(=O)(=O)O)C(C)(CCCCSOOO)c2cc(SOO[O-])ccc21. The van der Waals surface area contributed by atoms with E-state index in [1.807, 2.05) is 73.7 Å². The third-order valence-electron chi connectivity index (χ3n) is 10.9. The molecule has 2 aliphatic heterocycles. The maximum Gasteiger partial charge on any atom is 0.307 e. The third kappa shape index (κ3) is 14.3. The third-order valence-corrected chi connectivity index (χ3v) is 13.7. The molecule has 0 saturated heterocycles. The first-order chi connectivity index (χ1) is 29.0. The van der Waals surface area contributed by atoms with Crippen LogP contribution in [0.15, 0.2) is 89.5 Å². The predicted octanol–water partition coefficient (Wildman–Crippen LogP) is 7.22. The van der Waals surface area contributed by atoms with Gasteiger partial charge in [0, 0.05) is 70.2 Å². The molecular formula is C41H54N2O14S4. The Bertz CT molecular complexity index is 2210. The number of allylic oxidation sites excluding steroid dienone is 8. The van der Waals surface area contributed by atoms with Gasteiger partial charge in [-0.25, -0.2) is 5.26 Å². The summed E-state index contributed by atoms with van der Waals surface area (Å²) in [7, 11) is -8.32. The van der Waals surface area contributed by atoms with Gasteiger partial charge in [0.15, 0.2) is 5.71 Å². The highest BCUT2D eigenvalue weighted by Crippen LogP contribution is 2.52. The second-order valence-electron chi connectivity index (χ2n) is 15.1. The molecule has 4 rings (SSSR count). The van der Waals surface area contributed by atoms with Crippen LogP contribution in [0.5, 0.6) is 0 Å². The molecule has 2 heterocycles. The van der Waals surface area contributed by atoms with Crippen molar-refractivity contribution < 1.29 is 69.7 Å². The molecule has 2 unspecified atom stereocenters. The van der Waals surface area contributed by atoms with E-state index in [4.69, 9.17) is 5.26 Å². The number of carboxylic acid groups (broad SMARTS) is 1. The number of anilines is 1. The Morgan fingerprint density at radius 1 is 0.852 bits per heavy atom. The van der Waals surface area contributed by atoms with Gasteiger partial charge in [-0.05, 0) is 94.3 Å². The van der Waals surface area contributed by atoms with E-state index in [-0.39, 0.29) is 19.3 Å². The van der Waals surface area contributed by atoms with Gasteiger partial charge in [-0.1, -0.05) is 54.3 Å². The zero-order chi connectivity index (χ0) is 44.7. The summed E-state index contributed by atoms with van der Waals surface area (Å²) >= 11 is 1.85. The van der Waals surface area contributed by atoms with Crippen LogP contribution in [-0.2, 0) is 61.0 Å². The van der Waals surface area contributed by atoms with Crippen LogP contribution in [0.2, 0.25) is 0 Å². The molecule has 0 saturated carbocycles. The average molecular weight is 927 g/mol. The summed E-state index contributed by atoms with van der Waals surface area (Å²) in [5.41, 5.74) is 5.18. The fourth-order valence-electron chi connectivity index (χ4n) is 8.13. The predicted molar refractivity (Wildman–Crippen MR) is 232 cm³/mol. The molecule has 2 aromatic carbocycles. The summed E-state index contributed by atoms with van der Waals surface area (Å²) in [6.07, 6.45) is 17.5. The number of fused-ring (bicyclic) bond motifs is 2. The minimum Gasteiger partial charge on any atom is -0.691 e. The molecule has 0 amide bonds. The van der Waals surface area contributed by atoms with Gasteiger partial charge in [0.2, 0.25) is 5.69 Å². The molecule has 2 atom stereocenters. The van der Waals surface area contributed by atoms with Gasteiger partial charge in [-0.2, -0.15) is 25.7 Å². The van der Waals surface area contributed by atoms with Crippen LogP contribution in [0.25, 0.3) is 0 Å². The lowest BCUT2D eigenvalue weighted by molar-refractivity contribution is -0.777. The van der Waals surface area contributed by atoms with Crippen molar-refractivity contribution in [3.63, 3.8) is 0 Å². The molecule has 0 bridgehead atoms. The Morgan fingerprint density at radius 2 is 1.52 bits per heavy atom. The van der Waals surface area contributed by atoms with Gasteiger partial charge in [-0.15, -0.1) is 4.33 Å². The molecule has 61 heavy (non-hydrogen) atoms. The molecule has 2 aromatic rings. The fraction of sp³-hybridized carbons (Fsp3) is 0.463. The number of aliphatic carboxylic acids is 1. The number of hydrogen-bond donors (Lipinski definition) is 4. The van der Waals surface area contributed by atoms with Gasteiger partial charge in [0.25, 0.3) is 20.2 Å². The molecule has 20 heteroatoms.